The summed E-state index contributed by atoms with van der Waals surface area (Å²) in [7, 11) is 0. The number of carbonyl (C=O) groups excluding carboxylic acids is 2. The topological polar surface area (TPSA) is 37.4 Å². The molecule has 1 heterocycles. The van der Waals surface area contributed by atoms with Gasteiger partial charge in [0.15, 0.2) is 0 Å². The summed E-state index contributed by atoms with van der Waals surface area (Å²) in [5.41, 5.74) is 0.759. The minimum absolute atomic E-state index is 0.241. The lowest BCUT2D eigenvalue weighted by Crippen LogP contribution is -2.28. The van der Waals surface area contributed by atoms with Crippen LogP contribution in [0.3, 0.4) is 0 Å². The predicted octanol–water partition coefficient (Wildman–Crippen LogP) is 1.23. The summed E-state index contributed by atoms with van der Waals surface area (Å²) in [6.07, 6.45) is 5.06. The van der Waals surface area contributed by atoms with Gasteiger partial charge in [0.25, 0.3) is 11.8 Å². The Hall–Kier alpha value is -1.38. The Kier molecular flexibility index (Phi) is 2.43. The zero-order chi connectivity index (χ0) is 9.14. The summed E-state index contributed by atoms with van der Waals surface area (Å²) >= 11 is 0. The summed E-state index contributed by atoms with van der Waals surface area (Å²) in [4.78, 5) is 23.4. The van der Waals surface area contributed by atoms with Crippen LogP contribution in [-0.4, -0.2) is 16.7 Å². The third-order valence-corrected chi connectivity index (χ3v) is 1.79. The first-order chi connectivity index (χ1) is 5.70. The van der Waals surface area contributed by atoms with Gasteiger partial charge in [0, 0.05) is 17.8 Å². The molecule has 2 amide bonds. The molecule has 0 aromatic rings. The minimum Gasteiger partial charge on any atom is -0.269 e. The molecule has 1 aliphatic rings. The average molecular weight is 165 g/mol. The monoisotopic (exact) mass is 165 g/mol. The molecule has 12 heavy (non-hydrogen) atoms. The fourth-order valence-electron chi connectivity index (χ4n) is 1.17. The van der Waals surface area contributed by atoms with Crippen molar-refractivity contribution in [3.05, 3.63) is 23.9 Å². The Morgan fingerprint density at radius 2 is 1.92 bits per heavy atom. The highest BCUT2D eigenvalue weighted by Crippen LogP contribution is 2.14. The first-order valence-electron chi connectivity index (χ1n) is 3.92. The molecule has 0 aromatic heterocycles. The van der Waals surface area contributed by atoms with Crippen molar-refractivity contribution in [2.24, 2.45) is 0 Å². The molecule has 0 bridgehead atoms. The van der Waals surface area contributed by atoms with Gasteiger partial charge < -0.3 is 0 Å². The maximum atomic E-state index is 11.1. The maximum absolute atomic E-state index is 11.1. The van der Waals surface area contributed by atoms with Crippen LogP contribution in [0.2, 0.25) is 0 Å². The maximum Gasteiger partial charge on any atom is 0.257 e. The van der Waals surface area contributed by atoms with E-state index in [1.807, 2.05) is 13.8 Å². The lowest BCUT2D eigenvalue weighted by molar-refractivity contribution is -0.134. The molecule has 3 nitrogen and oxygen atoms in total. The van der Waals surface area contributed by atoms with Gasteiger partial charge in [0.2, 0.25) is 0 Å². The summed E-state index contributed by atoms with van der Waals surface area (Å²) < 4.78 is 0. The zero-order valence-electron chi connectivity index (χ0n) is 7.20. The van der Waals surface area contributed by atoms with Crippen LogP contribution in [0, 0.1) is 0 Å². The van der Waals surface area contributed by atoms with Crippen LogP contribution in [0.5, 0.6) is 0 Å². The van der Waals surface area contributed by atoms with Crippen LogP contribution in [0.1, 0.15) is 20.3 Å². The van der Waals surface area contributed by atoms with Gasteiger partial charge in [-0.05, 0) is 13.3 Å². The number of carbonyl (C=O) groups is 2. The van der Waals surface area contributed by atoms with E-state index in [2.05, 4.69) is 0 Å². The molecule has 0 N–H and O–H groups in total. The van der Waals surface area contributed by atoms with Crippen LogP contribution in [0.25, 0.3) is 0 Å². The lowest BCUT2D eigenvalue weighted by Gasteiger charge is -2.15. The van der Waals surface area contributed by atoms with Crippen molar-refractivity contribution in [2.75, 3.05) is 0 Å². The number of rotatable bonds is 2. The molecular weight excluding hydrogens is 154 g/mol. The molecule has 1 aliphatic heterocycles. The van der Waals surface area contributed by atoms with E-state index in [4.69, 9.17) is 0 Å². The molecular formula is C9H11NO2. The highest BCUT2D eigenvalue weighted by Gasteiger charge is 2.25. The average Bonchev–Trinajstić information content (AvgIpc) is 2.38. The van der Waals surface area contributed by atoms with Gasteiger partial charge in [0.05, 0.1) is 0 Å². The molecule has 0 aliphatic carbocycles. The van der Waals surface area contributed by atoms with E-state index in [1.54, 1.807) is 6.08 Å². The first-order valence-corrected chi connectivity index (χ1v) is 3.92. The third kappa shape index (κ3) is 1.30. The third-order valence-electron chi connectivity index (χ3n) is 1.79. The number of hydrogen-bond acceptors (Lipinski definition) is 2. The summed E-state index contributed by atoms with van der Waals surface area (Å²) in [5, 5.41) is 0. The van der Waals surface area contributed by atoms with Gasteiger partial charge in [-0.25, -0.2) is 4.90 Å². The Balaban J connectivity index is 2.89. The second-order valence-corrected chi connectivity index (χ2v) is 2.48. The van der Waals surface area contributed by atoms with Crippen molar-refractivity contribution < 1.29 is 9.59 Å². The van der Waals surface area contributed by atoms with E-state index in [0.29, 0.717) is 6.42 Å². The number of imide groups is 1. The Morgan fingerprint density at radius 3 is 2.25 bits per heavy atom. The molecule has 0 spiro atoms. The molecule has 0 aromatic carbocycles. The van der Waals surface area contributed by atoms with E-state index in [9.17, 15) is 9.59 Å². The predicted molar refractivity (Wildman–Crippen MR) is 45.0 cm³/mol. The summed E-state index contributed by atoms with van der Waals surface area (Å²) in [6, 6.07) is 0. The molecule has 0 fully saturated rings. The van der Waals surface area contributed by atoms with Gasteiger partial charge in [-0.1, -0.05) is 13.0 Å². The number of hydrogen-bond donors (Lipinski definition) is 0. The lowest BCUT2D eigenvalue weighted by atomic mass is 10.3. The largest absolute Gasteiger partial charge is 0.269 e. The van der Waals surface area contributed by atoms with Crippen LogP contribution < -0.4 is 0 Å². The fourth-order valence-corrected chi connectivity index (χ4v) is 1.17. The van der Waals surface area contributed by atoms with E-state index >= 15 is 0 Å². The number of amides is 2. The molecule has 0 atom stereocenters. The standard InChI is InChI=1S/C9H11NO2/c1-3-7(4-2)10-8(11)5-6-9(10)12/h3,5-6H,4H2,1-2H3/b7-3+. The quantitative estimate of drug-likeness (QED) is 0.577. The minimum atomic E-state index is -0.241. The van der Waals surface area contributed by atoms with Crippen LogP contribution >= 0.6 is 0 Å². The highest BCUT2D eigenvalue weighted by atomic mass is 16.2. The SMILES string of the molecule is C/C=C(\CC)N1C(=O)C=CC1=O. The Bertz CT molecular complexity index is 258. The summed E-state index contributed by atoms with van der Waals surface area (Å²) in [5.74, 6) is -0.482. The second kappa shape index (κ2) is 3.34. The number of nitrogens with zero attached hydrogens (tertiary/aromatic N) is 1. The van der Waals surface area contributed by atoms with Crippen molar-refractivity contribution in [2.45, 2.75) is 20.3 Å². The molecule has 0 radical (unpaired) electrons. The van der Waals surface area contributed by atoms with E-state index in [0.717, 1.165) is 5.70 Å². The van der Waals surface area contributed by atoms with Crippen molar-refractivity contribution >= 4 is 11.8 Å². The molecule has 0 unspecified atom stereocenters. The Labute approximate surface area is 71.4 Å². The number of allylic oxidation sites excluding steroid dienone is 2. The van der Waals surface area contributed by atoms with Gasteiger partial charge >= 0.3 is 0 Å². The highest BCUT2D eigenvalue weighted by molar-refractivity contribution is 6.14. The molecule has 64 valence electrons. The second-order valence-electron chi connectivity index (χ2n) is 2.48. The normalized spacial score (nSPS) is 17.8. The molecule has 0 saturated carbocycles. The van der Waals surface area contributed by atoms with Crippen LogP contribution in [0.4, 0.5) is 0 Å². The van der Waals surface area contributed by atoms with Gasteiger partial charge in [0.1, 0.15) is 0 Å². The van der Waals surface area contributed by atoms with E-state index in [-0.39, 0.29) is 11.8 Å². The first kappa shape index (κ1) is 8.71. The molecule has 3 heteroatoms. The van der Waals surface area contributed by atoms with Gasteiger partial charge in [-0.2, -0.15) is 0 Å². The van der Waals surface area contributed by atoms with Crippen molar-refractivity contribution in [1.82, 2.24) is 4.90 Å². The molecule has 0 saturated heterocycles. The van der Waals surface area contributed by atoms with Crippen molar-refractivity contribution in [1.29, 1.82) is 0 Å². The van der Waals surface area contributed by atoms with Gasteiger partial charge in [-0.3, -0.25) is 9.59 Å². The van der Waals surface area contributed by atoms with Gasteiger partial charge in [-0.15, -0.1) is 0 Å². The van der Waals surface area contributed by atoms with Crippen molar-refractivity contribution in [3.8, 4) is 0 Å². The van der Waals surface area contributed by atoms with Crippen LogP contribution in [0.15, 0.2) is 23.9 Å². The van der Waals surface area contributed by atoms with Crippen molar-refractivity contribution in [3.63, 3.8) is 0 Å². The fraction of sp³-hybridized carbons (Fsp3) is 0.333. The van der Waals surface area contributed by atoms with E-state index in [1.165, 1.54) is 17.1 Å². The molecule has 1 rings (SSSR count). The Morgan fingerprint density at radius 1 is 1.42 bits per heavy atom. The van der Waals surface area contributed by atoms with E-state index < -0.39 is 0 Å². The summed E-state index contributed by atoms with van der Waals surface area (Å²) in [6.45, 7) is 3.73. The smallest absolute Gasteiger partial charge is 0.257 e. The zero-order valence-corrected chi connectivity index (χ0v) is 7.20. The van der Waals surface area contributed by atoms with Crippen LogP contribution in [-0.2, 0) is 9.59 Å².